The molecule has 104 valence electrons. The van der Waals surface area contributed by atoms with Crippen molar-refractivity contribution in [1.82, 2.24) is 5.32 Å². The number of hydrogen-bond donors (Lipinski definition) is 1. The Bertz CT molecular complexity index is 481. The molecule has 1 atom stereocenters. The second kappa shape index (κ2) is 4.95. The smallest absolute Gasteiger partial charge is 0.174 e. The van der Waals surface area contributed by atoms with Crippen molar-refractivity contribution in [2.75, 3.05) is 13.1 Å². The first-order valence-electron chi connectivity index (χ1n) is 6.94. The molecule has 4 heteroatoms. The lowest BCUT2D eigenvalue weighted by atomic mass is 9.99. The maximum absolute atomic E-state index is 13.9. The van der Waals surface area contributed by atoms with Gasteiger partial charge in [0.2, 0.25) is 0 Å². The SMILES string of the molecule is Cc1ccc(F)c(OC2(CC3CCNC3)CC2)c1Cl. The number of ether oxygens (including phenoxy) is 1. The average Bonchev–Trinajstić information content (AvgIpc) is 2.94. The second-order valence-electron chi connectivity index (χ2n) is 5.86. The maximum atomic E-state index is 13.9. The molecule has 1 aliphatic carbocycles. The fourth-order valence-corrected chi connectivity index (χ4v) is 3.03. The molecule has 2 nitrogen and oxygen atoms in total. The molecule has 1 saturated heterocycles. The van der Waals surface area contributed by atoms with E-state index in [0.29, 0.717) is 10.9 Å². The number of hydrogen-bond acceptors (Lipinski definition) is 2. The Kier molecular flexibility index (Phi) is 3.44. The van der Waals surface area contributed by atoms with Crippen LogP contribution >= 0.6 is 11.6 Å². The Morgan fingerprint density at radius 1 is 1.47 bits per heavy atom. The molecule has 2 fully saturated rings. The molecule has 0 amide bonds. The van der Waals surface area contributed by atoms with Gasteiger partial charge in [-0.25, -0.2) is 4.39 Å². The van der Waals surface area contributed by atoms with Gasteiger partial charge in [0, 0.05) is 0 Å². The van der Waals surface area contributed by atoms with Crippen molar-refractivity contribution >= 4 is 11.6 Å². The van der Waals surface area contributed by atoms with Crippen LogP contribution in [0.2, 0.25) is 5.02 Å². The lowest BCUT2D eigenvalue weighted by Gasteiger charge is -2.22. The zero-order valence-electron chi connectivity index (χ0n) is 11.1. The summed E-state index contributed by atoms with van der Waals surface area (Å²) in [6, 6.07) is 3.12. The summed E-state index contributed by atoms with van der Waals surface area (Å²) in [7, 11) is 0. The van der Waals surface area contributed by atoms with Crippen molar-refractivity contribution in [1.29, 1.82) is 0 Å². The molecule has 1 aliphatic heterocycles. The minimum atomic E-state index is -0.355. The van der Waals surface area contributed by atoms with Crippen LogP contribution in [0.25, 0.3) is 0 Å². The predicted molar refractivity (Wildman–Crippen MR) is 74.3 cm³/mol. The number of aryl methyl sites for hydroxylation is 1. The van der Waals surface area contributed by atoms with Crippen LogP contribution in [0.5, 0.6) is 5.75 Å². The van der Waals surface area contributed by atoms with Gasteiger partial charge in [-0.3, -0.25) is 0 Å². The molecular formula is C15H19ClFNO. The molecule has 1 N–H and O–H groups in total. The Labute approximate surface area is 118 Å². The fraction of sp³-hybridized carbons (Fsp3) is 0.600. The molecule has 0 radical (unpaired) electrons. The summed E-state index contributed by atoms with van der Waals surface area (Å²) >= 11 is 6.17. The molecule has 0 aromatic heterocycles. The molecule has 0 spiro atoms. The van der Waals surface area contributed by atoms with E-state index in [0.717, 1.165) is 37.9 Å². The maximum Gasteiger partial charge on any atom is 0.174 e. The normalized spacial score (nSPS) is 24.5. The lowest BCUT2D eigenvalue weighted by Crippen LogP contribution is -2.24. The van der Waals surface area contributed by atoms with E-state index in [2.05, 4.69) is 5.32 Å². The van der Waals surface area contributed by atoms with Crippen LogP contribution in [0, 0.1) is 18.7 Å². The summed E-state index contributed by atoms with van der Waals surface area (Å²) in [5.74, 6) is 0.533. The van der Waals surface area contributed by atoms with E-state index in [9.17, 15) is 4.39 Å². The van der Waals surface area contributed by atoms with Gasteiger partial charge in [0.15, 0.2) is 11.6 Å². The highest BCUT2D eigenvalue weighted by molar-refractivity contribution is 6.32. The van der Waals surface area contributed by atoms with E-state index in [4.69, 9.17) is 16.3 Å². The minimum absolute atomic E-state index is 0.172. The quantitative estimate of drug-likeness (QED) is 0.910. The van der Waals surface area contributed by atoms with E-state index < -0.39 is 0 Å². The summed E-state index contributed by atoms with van der Waals surface area (Å²) in [6.07, 6.45) is 4.21. The zero-order valence-corrected chi connectivity index (χ0v) is 11.9. The third-order valence-electron chi connectivity index (χ3n) is 4.19. The molecule has 1 heterocycles. The molecule has 1 aromatic rings. The van der Waals surface area contributed by atoms with Crippen LogP contribution < -0.4 is 10.1 Å². The summed E-state index contributed by atoms with van der Waals surface area (Å²) in [4.78, 5) is 0. The van der Waals surface area contributed by atoms with Crippen molar-refractivity contribution in [3.05, 3.63) is 28.5 Å². The largest absolute Gasteiger partial charge is 0.483 e. The molecule has 1 saturated carbocycles. The van der Waals surface area contributed by atoms with Crippen LogP contribution in [0.3, 0.4) is 0 Å². The number of rotatable bonds is 4. The zero-order chi connectivity index (χ0) is 13.5. The topological polar surface area (TPSA) is 21.3 Å². The van der Waals surface area contributed by atoms with Gasteiger partial charge in [0.1, 0.15) is 5.60 Å². The summed E-state index contributed by atoms with van der Waals surface area (Å²) in [6.45, 7) is 4.00. The van der Waals surface area contributed by atoms with Crippen LogP contribution in [0.4, 0.5) is 4.39 Å². The monoisotopic (exact) mass is 283 g/mol. The fourth-order valence-electron chi connectivity index (χ4n) is 2.84. The van der Waals surface area contributed by atoms with Gasteiger partial charge in [-0.2, -0.15) is 0 Å². The summed E-state index contributed by atoms with van der Waals surface area (Å²) in [5.41, 5.74) is 0.686. The van der Waals surface area contributed by atoms with E-state index in [1.165, 1.54) is 12.5 Å². The number of halogens is 2. The first-order chi connectivity index (χ1) is 9.10. The van der Waals surface area contributed by atoms with Gasteiger partial charge >= 0.3 is 0 Å². The molecule has 0 bridgehead atoms. The van der Waals surface area contributed by atoms with Gasteiger partial charge in [-0.15, -0.1) is 0 Å². The summed E-state index contributed by atoms with van der Waals surface area (Å²) < 4.78 is 19.9. The van der Waals surface area contributed by atoms with Gasteiger partial charge in [-0.05, 0) is 63.2 Å². The highest BCUT2D eigenvalue weighted by Crippen LogP contribution is 2.48. The highest BCUT2D eigenvalue weighted by Gasteiger charge is 2.48. The molecular weight excluding hydrogens is 265 g/mol. The van der Waals surface area contributed by atoms with Crippen molar-refractivity contribution in [2.24, 2.45) is 5.92 Å². The van der Waals surface area contributed by atoms with Crippen LogP contribution in [0.15, 0.2) is 12.1 Å². The van der Waals surface area contributed by atoms with Crippen molar-refractivity contribution in [3.8, 4) is 5.75 Å². The van der Waals surface area contributed by atoms with Gasteiger partial charge < -0.3 is 10.1 Å². The molecule has 1 aromatic carbocycles. The van der Waals surface area contributed by atoms with Gasteiger partial charge in [-0.1, -0.05) is 17.7 Å². The third kappa shape index (κ3) is 2.72. The lowest BCUT2D eigenvalue weighted by molar-refractivity contribution is 0.141. The summed E-state index contributed by atoms with van der Waals surface area (Å²) in [5, 5.41) is 3.78. The molecule has 1 unspecified atom stereocenters. The van der Waals surface area contributed by atoms with E-state index in [1.807, 2.05) is 6.92 Å². The first-order valence-corrected chi connectivity index (χ1v) is 7.32. The molecule has 19 heavy (non-hydrogen) atoms. The van der Waals surface area contributed by atoms with Gasteiger partial charge in [0.25, 0.3) is 0 Å². The predicted octanol–water partition coefficient (Wildman–Crippen LogP) is 3.70. The van der Waals surface area contributed by atoms with Crippen LogP contribution in [-0.2, 0) is 0 Å². The third-order valence-corrected chi connectivity index (χ3v) is 4.66. The van der Waals surface area contributed by atoms with Crippen LogP contribution in [-0.4, -0.2) is 18.7 Å². The number of benzene rings is 1. The van der Waals surface area contributed by atoms with Crippen molar-refractivity contribution < 1.29 is 9.13 Å². The minimum Gasteiger partial charge on any atom is -0.483 e. The molecule has 2 aliphatic rings. The van der Waals surface area contributed by atoms with Crippen molar-refractivity contribution in [2.45, 2.75) is 38.2 Å². The van der Waals surface area contributed by atoms with Gasteiger partial charge in [0.05, 0.1) is 5.02 Å². The van der Waals surface area contributed by atoms with Crippen LogP contribution in [0.1, 0.15) is 31.2 Å². The van der Waals surface area contributed by atoms with E-state index >= 15 is 0 Å². The average molecular weight is 284 g/mol. The Hall–Kier alpha value is -0.800. The Morgan fingerprint density at radius 2 is 2.26 bits per heavy atom. The Morgan fingerprint density at radius 3 is 2.89 bits per heavy atom. The number of nitrogens with one attached hydrogen (secondary N) is 1. The first kappa shape index (κ1) is 13.2. The van der Waals surface area contributed by atoms with E-state index in [-0.39, 0.29) is 17.2 Å². The molecule has 3 rings (SSSR count). The highest BCUT2D eigenvalue weighted by atomic mass is 35.5. The second-order valence-corrected chi connectivity index (χ2v) is 6.23. The van der Waals surface area contributed by atoms with Crippen molar-refractivity contribution in [3.63, 3.8) is 0 Å². The Balaban J connectivity index is 1.75. The van der Waals surface area contributed by atoms with E-state index in [1.54, 1.807) is 6.07 Å². The standard InChI is InChI=1S/C15H19ClFNO/c1-10-2-3-12(17)14(13(10)16)19-15(5-6-15)8-11-4-7-18-9-11/h2-3,11,18H,4-9H2,1H3.